The van der Waals surface area contributed by atoms with E-state index >= 15 is 0 Å². The lowest BCUT2D eigenvalue weighted by Gasteiger charge is -2.17. The highest BCUT2D eigenvalue weighted by atomic mass is 16.5. The third kappa shape index (κ3) is 3.65. The molecule has 9 nitrogen and oxygen atoms in total. The van der Waals surface area contributed by atoms with Crippen LogP contribution in [0.15, 0.2) is 47.7 Å². The van der Waals surface area contributed by atoms with Crippen LogP contribution >= 0.6 is 0 Å². The maximum Gasteiger partial charge on any atom is 0.337 e. The van der Waals surface area contributed by atoms with Crippen LogP contribution < -0.4 is 10.3 Å². The maximum atomic E-state index is 12.4. The number of hydrogen-bond acceptors (Lipinski definition) is 6. The molecule has 9 heteroatoms. The summed E-state index contributed by atoms with van der Waals surface area (Å²) in [7, 11) is 0. The molecule has 0 saturated heterocycles. The van der Waals surface area contributed by atoms with Gasteiger partial charge in [0, 0.05) is 11.8 Å². The van der Waals surface area contributed by atoms with E-state index in [0.717, 1.165) is 31.2 Å². The van der Waals surface area contributed by atoms with Gasteiger partial charge in [-0.2, -0.15) is 0 Å². The number of nitrogens with zero attached hydrogens (tertiary/aromatic N) is 3. The van der Waals surface area contributed by atoms with Crippen LogP contribution in [0.5, 0.6) is 5.75 Å². The standard InChI is InChI=1S/C22H19N5O4/c28-21-18-20(25-11-24-18)26-19(27-21)15-7-5-12(9-17(15)31-14-3-1-2-4-14)16-8-6-13(10-23-16)22(29)30/h5-11,14H,1-4H2,(H,29,30)(H2,24,25,26,27,28). The Bertz CT molecular complexity index is 1320. The Kier molecular flexibility index (Phi) is 4.70. The Morgan fingerprint density at radius 2 is 1.97 bits per heavy atom. The van der Waals surface area contributed by atoms with Crippen LogP contribution in [0.2, 0.25) is 0 Å². The molecule has 3 N–H and O–H groups in total. The van der Waals surface area contributed by atoms with Crippen molar-refractivity contribution < 1.29 is 14.6 Å². The molecule has 0 spiro atoms. The second-order valence-corrected chi connectivity index (χ2v) is 7.49. The van der Waals surface area contributed by atoms with Crippen molar-refractivity contribution in [3.8, 4) is 28.4 Å². The molecule has 0 radical (unpaired) electrons. The van der Waals surface area contributed by atoms with Gasteiger partial charge >= 0.3 is 5.97 Å². The van der Waals surface area contributed by atoms with Crippen molar-refractivity contribution in [3.05, 3.63) is 58.8 Å². The number of carboxylic acids is 1. The molecule has 0 atom stereocenters. The first-order valence-corrected chi connectivity index (χ1v) is 10.0. The van der Waals surface area contributed by atoms with E-state index in [0.29, 0.717) is 34.0 Å². The van der Waals surface area contributed by atoms with E-state index in [2.05, 4.69) is 24.9 Å². The lowest BCUT2D eigenvalue weighted by molar-refractivity contribution is 0.0696. The van der Waals surface area contributed by atoms with Crippen LogP contribution in [0.4, 0.5) is 0 Å². The minimum Gasteiger partial charge on any atom is -0.490 e. The molecule has 1 fully saturated rings. The summed E-state index contributed by atoms with van der Waals surface area (Å²) >= 11 is 0. The molecular formula is C22H19N5O4. The number of imidazole rings is 1. The van der Waals surface area contributed by atoms with Gasteiger partial charge in [-0.05, 0) is 49.9 Å². The molecule has 3 aromatic heterocycles. The number of pyridine rings is 1. The summed E-state index contributed by atoms with van der Waals surface area (Å²) in [5.74, 6) is -0.0617. The number of hydrogen-bond donors (Lipinski definition) is 3. The first-order chi connectivity index (χ1) is 15.1. The van der Waals surface area contributed by atoms with Crippen LogP contribution in [0.1, 0.15) is 36.0 Å². The van der Waals surface area contributed by atoms with Gasteiger partial charge in [0.25, 0.3) is 5.56 Å². The summed E-state index contributed by atoms with van der Waals surface area (Å²) in [4.78, 5) is 41.9. The Morgan fingerprint density at radius 1 is 1.13 bits per heavy atom. The number of ether oxygens (including phenoxy) is 1. The molecule has 1 saturated carbocycles. The zero-order valence-electron chi connectivity index (χ0n) is 16.5. The maximum absolute atomic E-state index is 12.4. The fourth-order valence-corrected chi connectivity index (χ4v) is 3.82. The molecule has 0 aliphatic heterocycles. The number of fused-ring (bicyclic) bond motifs is 1. The number of nitrogens with one attached hydrogen (secondary N) is 2. The Morgan fingerprint density at radius 3 is 2.71 bits per heavy atom. The van der Waals surface area contributed by atoms with Crippen molar-refractivity contribution in [2.75, 3.05) is 0 Å². The predicted molar refractivity (Wildman–Crippen MR) is 113 cm³/mol. The van der Waals surface area contributed by atoms with Gasteiger partial charge in [0.1, 0.15) is 11.6 Å². The van der Waals surface area contributed by atoms with Gasteiger partial charge in [-0.1, -0.05) is 6.07 Å². The molecule has 1 aliphatic rings. The molecule has 1 aromatic carbocycles. The molecule has 0 bridgehead atoms. The molecular weight excluding hydrogens is 398 g/mol. The Balaban J connectivity index is 1.59. The highest BCUT2D eigenvalue weighted by Crippen LogP contribution is 2.35. The predicted octanol–water partition coefficient (Wildman–Crippen LogP) is 3.39. The van der Waals surface area contributed by atoms with Crippen LogP contribution in [-0.2, 0) is 0 Å². The van der Waals surface area contributed by atoms with Gasteiger partial charge in [-0.15, -0.1) is 0 Å². The summed E-state index contributed by atoms with van der Waals surface area (Å²) in [5, 5.41) is 9.09. The highest BCUT2D eigenvalue weighted by molar-refractivity contribution is 5.87. The third-order valence-corrected chi connectivity index (χ3v) is 5.43. The van der Waals surface area contributed by atoms with E-state index in [1.165, 1.54) is 18.6 Å². The fraction of sp³-hybridized carbons (Fsp3) is 0.227. The SMILES string of the molecule is O=C(O)c1ccc(-c2ccc(-c3nc4nc[nH]c4c(=O)[nH]3)c(OC3CCCC3)c2)nc1. The molecule has 156 valence electrons. The van der Waals surface area contributed by atoms with E-state index in [4.69, 9.17) is 9.84 Å². The topological polar surface area (TPSA) is 134 Å². The number of H-pyrrole nitrogens is 2. The van der Waals surface area contributed by atoms with Gasteiger partial charge in [0.05, 0.1) is 29.3 Å². The molecule has 0 amide bonds. The highest BCUT2D eigenvalue weighted by Gasteiger charge is 2.21. The summed E-state index contributed by atoms with van der Waals surface area (Å²) in [6.07, 6.45) is 7.03. The van der Waals surface area contributed by atoms with Crippen molar-refractivity contribution >= 4 is 17.1 Å². The largest absolute Gasteiger partial charge is 0.490 e. The zero-order chi connectivity index (χ0) is 21.4. The third-order valence-electron chi connectivity index (χ3n) is 5.43. The van der Waals surface area contributed by atoms with Crippen molar-refractivity contribution in [2.45, 2.75) is 31.8 Å². The van der Waals surface area contributed by atoms with Gasteiger partial charge in [-0.25, -0.2) is 14.8 Å². The van der Waals surface area contributed by atoms with E-state index in [9.17, 15) is 9.59 Å². The van der Waals surface area contributed by atoms with Gasteiger partial charge in [-0.3, -0.25) is 9.78 Å². The second-order valence-electron chi connectivity index (χ2n) is 7.49. The van der Waals surface area contributed by atoms with Crippen LogP contribution in [0.3, 0.4) is 0 Å². The lowest BCUT2D eigenvalue weighted by Crippen LogP contribution is -2.13. The fourth-order valence-electron chi connectivity index (χ4n) is 3.82. The van der Waals surface area contributed by atoms with E-state index in [1.807, 2.05) is 18.2 Å². The van der Waals surface area contributed by atoms with Gasteiger partial charge in [0.2, 0.25) is 0 Å². The first kappa shape index (κ1) is 19.0. The summed E-state index contributed by atoms with van der Waals surface area (Å²) in [5.41, 5.74) is 2.52. The summed E-state index contributed by atoms with van der Waals surface area (Å²) in [6, 6.07) is 8.69. The van der Waals surface area contributed by atoms with E-state index < -0.39 is 5.97 Å². The number of aromatic amines is 2. The van der Waals surface area contributed by atoms with Crippen molar-refractivity contribution in [3.63, 3.8) is 0 Å². The Labute approximate surface area is 176 Å². The van der Waals surface area contributed by atoms with Crippen LogP contribution in [0, 0.1) is 0 Å². The summed E-state index contributed by atoms with van der Waals surface area (Å²) < 4.78 is 6.31. The second kappa shape index (κ2) is 7.67. The molecule has 4 aromatic rings. The van der Waals surface area contributed by atoms with Gasteiger partial charge in [0.15, 0.2) is 11.2 Å². The lowest BCUT2D eigenvalue weighted by atomic mass is 10.1. The van der Waals surface area contributed by atoms with E-state index in [-0.39, 0.29) is 17.2 Å². The minimum atomic E-state index is -1.02. The number of rotatable bonds is 5. The zero-order valence-corrected chi connectivity index (χ0v) is 16.5. The molecule has 3 heterocycles. The first-order valence-electron chi connectivity index (χ1n) is 10.0. The van der Waals surface area contributed by atoms with Crippen molar-refractivity contribution in [2.24, 2.45) is 0 Å². The van der Waals surface area contributed by atoms with Crippen molar-refractivity contribution in [1.82, 2.24) is 24.9 Å². The number of benzene rings is 1. The number of aromatic nitrogens is 5. The monoisotopic (exact) mass is 417 g/mol. The minimum absolute atomic E-state index is 0.0946. The smallest absolute Gasteiger partial charge is 0.337 e. The van der Waals surface area contributed by atoms with Crippen LogP contribution in [-0.4, -0.2) is 42.1 Å². The molecule has 5 rings (SSSR count). The molecule has 31 heavy (non-hydrogen) atoms. The molecule has 1 aliphatic carbocycles. The average Bonchev–Trinajstić information content (AvgIpc) is 3.46. The number of aromatic carboxylic acids is 1. The number of carbonyl (C=O) groups is 1. The van der Waals surface area contributed by atoms with Crippen molar-refractivity contribution in [1.29, 1.82) is 0 Å². The number of carboxylic acid groups (broad SMARTS) is 1. The summed E-state index contributed by atoms with van der Waals surface area (Å²) in [6.45, 7) is 0. The van der Waals surface area contributed by atoms with Gasteiger partial charge < -0.3 is 19.8 Å². The van der Waals surface area contributed by atoms with E-state index in [1.54, 1.807) is 6.07 Å². The Hall–Kier alpha value is -4.01. The average molecular weight is 417 g/mol. The quantitative estimate of drug-likeness (QED) is 0.453. The normalized spacial score (nSPS) is 14.2. The van der Waals surface area contributed by atoms with Crippen LogP contribution in [0.25, 0.3) is 33.8 Å². The molecule has 0 unspecified atom stereocenters.